The van der Waals surface area contributed by atoms with Crippen LogP contribution in [0.2, 0.25) is 0 Å². The smallest absolute Gasteiger partial charge is 0.325 e. The third kappa shape index (κ3) is 4.92. The van der Waals surface area contributed by atoms with Gasteiger partial charge >= 0.3 is 5.97 Å². The average molecular weight is 470 g/mol. The number of carbonyl (C=O) groups excluding carboxylic acids is 1. The Kier molecular flexibility index (Phi) is 5.88. The molecule has 13 nitrogen and oxygen atoms in total. The van der Waals surface area contributed by atoms with Crippen molar-refractivity contribution in [2.45, 2.75) is 21.9 Å². The van der Waals surface area contributed by atoms with Crippen LogP contribution >= 0.6 is 0 Å². The number of hydrazine groups is 1. The molecule has 164 valence electrons. The van der Waals surface area contributed by atoms with Crippen molar-refractivity contribution in [3.8, 4) is 0 Å². The quantitative estimate of drug-likeness (QED) is 0.342. The van der Waals surface area contributed by atoms with Gasteiger partial charge < -0.3 is 5.11 Å². The van der Waals surface area contributed by atoms with Gasteiger partial charge in [0.15, 0.2) is 12.1 Å². The van der Waals surface area contributed by atoms with Crippen LogP contribution in [0.15, 0.2) is 68.6 Å². The number of carbonyl (C=O) groups is 2. The fraction of sp³-hybridized carbons (Fsp3) is 0.125. The maximum absolute atomic E-state index is 12.7. The summed E-state index contributed by atoms with van der Waals surface area (Å²) in [6.45, 7) is 0. The molecule has 3 rings (SSSR count). The molecule has 1 aliphatic heterocycles. The van der Waals surface area contributed by atoms with Crippen LogP contribution in [0.3, 0.4) is 0 Å². The van der Waals surface area contributed by atoms with Gasteiger partial charge in [0.2, 0.25) is 0 Å². The molecule has 0 aromatic heterocycles. The van der Waals surface area contributed by atoms with E-state index in [0.717, 1.165) is 29.3 Å². The summed E-state index contributed by atoms with van der Waals surface area (Å²) in [5.74, 6) is -2.21. The summed E-state index contributed by atoms with van der Waals surface area (Å²) in [7, 11) is -8.85. The number of benzene rings is 2. The van der Waals surface area contributed by atoms with Crippen LogP contribution in [-0.2, 0) is 29.8 Å². The first kappa shape index (κ1) is 22.4. The summed E-state index contributed by atoms with van der Waals surface area (Å²) in [5, 5.41) is 17.7. The van der Waals surface area contributed by atoms with E-state index in [1.54, 1.807) is 0 Å². The summed E-state index contributed by atoms with van der Waals surface area (Å²) >= 11 is 0. The third-order valence-electron chi connectivity index (χ3n) is 4.15. The minimum Gasteiger partial charge on any atom is -0.480 e. The van der Waals surface area contributed by atoms with Gasteiger partial charge in [-0.05, 0) is 48.5 Å². The van der Waals surface area contributed by atoms with Gasteiger partial charge in [-0.2, -0.15) is 27.1 Å². The van der Waals surface area contributed by atoms with Gasteiger partial charge in [-0.3, -0.25) is 18.7 Å². The molecule has 0 radical (unpaired) electrons. The average Bonchev–Trinajstić information content (AvgIpc) is 3.02. The second-order valence-electron chi connectivity index (χ2n) is 6.22. The van der Waals surface area contributed by atoms with Crippen molar-refractivity contribution < 1.29 is 40.6 Å². The molecule has 2 aromatic rings. The topological polar surface area (TPSA) is 203 Å². The molecule has 1 amide bonds. The molecule has 4 N–H and O–H groups in total. The molecule has 0 saturated carbocycles. The Morgan fingerprint density at radius 3 is 1.84 bits per heavy atom. The molecule has 2 aromatic carbocycles. The lowest BCUT2D eigenvalue weighted by Gasteiger charge is -2.16. The first-order valence-corrected chi connectivity index (χ1v) is 11.1. The molecule has 1 saturated heterocycles. The van der Waals surface area contributed by atoms with Crippen LogP contribution in [0.4, 0.5) is 11.4 Å². The molecular weight excluding hydrogens is 456 g/mol. The van der Waals surface area contributed by atoms with Gasteiger partial charge in [-0.1, -0.05) is 0 Å². The van der Waals surface area contributed by atoms with Crippen LogP contribution in [0.5, 0.6) is 0 Å². The van der Waals surface area contributed by atoms with Crippen molar-refractivity contribution in [3.63, 3.8) is 0 Å². The standard InChI is InChI=1S/C16H14N4O9S2/c21-15-13(18-17-9-1-5-11(6-2-9)30(24,25)26)14(16(22)23)19-20(15)10-3-7-12(8-4-10)31(27,28)29/h1-8,13-14,19H,(H,22,23)(H,24,25,26)(H,27,28,29). The van der Waals surface area contributed by atoms with E-state index in [2.05, 4.69) is 15.7 Å². The molecule has 1 aliphatic rings. The molecule has 1 fully saturated rings. The number of amides is 1. The highest BCUT2D eigenvalue weighted by Gasteiger charge is 2.45. The van der Waals surface area contributed by atoms with E-state index in [1.165, 1.54) is 24.3 Å². The number of anilines is 1. The fourth-order valence-electron chi connectivity index (χ4n) is 2.64. The van der Waals surface area contributed by atoms with Gasteiger partial charge in [-0.15, -0.1) is 0 Å². The number of hydrogen-bond acceptors (Lipinski definition) is 9. The second-order valence-corrected chi connectivity index (χ2v) is 9.06. The van der Waals surface area contributed by atoms with Gasteiger partial charge in [0, 0.05) is 0 Å². The number of nitrogens with zero attached hydrogens (tertiary/aromatic N) is 3. The highest BCUT2D eigenvalue weighted by Crippen LogP contribution is 2.25. The summed E-state index contributed by atoms with van der Waals surface area (Å²) < 4.78 is 62.3. The van der Waals surface area contributed by atoms with E-state index >= 15 is 0 Å². The van der Waals surface area contributed by atoms with E-state index in [4.69, 9.17) is 9.11 Å². The van der Waals surface area contributed by atoms with Gasteiger partial charge in [0.25, 0.3) is 26.1 Å². The number of nitrogens with one attached hydrogen (secondary N) is 1. The number of aliphatic carboxylic acids is 1. The van der Waals surface area contributed by atoms with Crippen LogP contribution in [0, 0.1) is 0 Å². The van der Waals surface area contributed by atoms with Gasteiger partial charge in [0.1, 0.15) is 0 Å². The molecule has 31 heavy (non-hydrogen) atoms. The van der Waals surface area contributed by atoms with E-state index < -0.39 is 49.1 Å². The number of azo groups is 1. The summed E-state index contributed by atoms with van der Waals surface area (Å²) in [4.78, 5) is 23.4. The van der Waals surface area contributed by atoms with Crippen molar-refractivity contribution in [2.75, 3.05) is 5.01 Å². The zero-order chi connectivity index (χ0) is 23.0. The number of carboxylic acids is 1. The minimum atomic E-state index is -4.45. The highest BCUT2D eigenvalue weighted by atomic mass is 32.2. The van der Waals surface area contributed by atoms with E-state index in [1.807, 2.05) is 0 Å². The van der Waals surface area contributed by atoms with Crippen LogP contribution in [-0.4, -0.2) is 55.0 Å². The summed E-state index contributed by atoms with van der Waals surface area (Å²) in [5.41, 5.74) is 2.63. The van der Waals surface area contributed by atoms with Crippen LogP contribution in [0.25, 0.3) is 0 Å². The Bertz CT molecular complexity index is 1260. The maximum atomic E-state index is 12.7. The van der Waals surface area contributed by atoms with Crippen molar-refractivity contribution in [1.82, 2.24) is 5.43 Å². The molecule has 0 aliphatic carbocycles. The largest absolute Gasteiger partial charge is 0.480 e. The summed E-state index contributed by atoms with van der Waals surface area (Å²) in [6, 6.07) is 5.94. The van der Waals surface area contributed by atoms with Crippen molar-refractivity contribution in [3.05, 3.63) is 48.5 Å². The number of hydrogen-bond donors (Lipinski definition) is 4. The molecule has 2 unspecified atom stereocenters. The number of rotatable bonds is 6. The zero-order valence-electron chi connectivity index (χ0n) is 15.2. The van der Waals surface area contributed by atoms with Crippen molar-refractivity contribution in [1.29, 1.82) is 0 Å². The zero-order valence-corrected chi connectivity index (χ0v) is 16.9. The van der Waals surface area contributed by atoms with Crippen LogP contribution < -0.4 is 10.4 Å². The van der Waals surface area contributed by atoms with Gasteiger partial charge in [0.05, 0.1) is 21.2 Å². The monoisotopic (exact) mass is 470 g/mol. The molecular formula is C16H14N4O9S2. The predicted molar refractivity (Wildman–Crippen MR) is 103 cm³/mol. The summed E-state index contributed by atoms with van der Waals surface area (Å²) in [6.07, 6.45) is 0. The Balaban J connectivity index is 1.85. The van der Waals surface area contributed by atoms with E-state index in [-0.39, 0.29) is 16.3 Å². The molecule has 2 atom stereocenters. The van der Waals surface area contributed by atoms with Crippen molar-refractivity contribution >= 4 is 43.5 Å². The Labute approximate surface area is 175 Å². The van der Waals surface area contributed by atoms with Crippen molar-refractivity contribution in [2.24, 2.45) is 10.2 Å². The SMILES string of the molecule is O=C(O)C1NN(c2ccc(S(=O)(=O)O)cc2)C(=O)C1N=Nc1ccc(S(=O)(=O)O)cc1. The Morgan fingerprint density at radius 2 is 1.39 bits per heavy atom. The van der Waals surface area contributed by atoms with E-state index in [9.17, 15) is 31.5 Å². The van der Waals surface area contributed by atoms with Crippen LogP contribution in [0.1, 0.15) is 0 Å². The second kappa shape index (κ2) is 8.12. The highest BCUT2D eigenvalue weighted by molar-refractivity contribution is 7.86. The Hall–Kier alpha value is -3.24. The third-order valence-corrected chi connectivity index (χ3v) is 5.88. The lowest BCUT2D eigenvalue weighted by atomic mass is 10.1. The Morgan fingerprint density at radius 1 is 0.903 bits per heavy atom. The first-order valence-electron chi connectivity index (χ1n) is 8.27. The molecule has 15 heteroatoms. The lowest BCUT2D eigenvalue weighted by Crippen LogP contribution is -2.42. The van der Waals surface area contributed by atoms with E-state index in [0.29, 0.717) is 0 Å². The lowest BCUT2D eigenvalue weighted by molar-refractivity contribution is -0.140. The first-order chi connectivity index (χ1) is 14.4. The minimum absolute atomic E-state index is 0.0962. The predicted octanol–water partition coefficient (Wildman–Crippen LogP) is 0.637. The molecule has 0 bridgehead atoms. The maximum Gasteiger partial charge on any atom is 0.325 e. The number of carboxylic acid groups (broad SMARTS) is 1. The molecule has 1 heterocycles. The fourth-order valence-corrected chi connectivity index (χ4v) is 3.60. The normalized spacial score (nSPS) is 19.8. The van der Waals surface area contributed by atoms with Gasteiger partial charge in [-0.25, -0.2) is 10.4 Å². The molecule has 0 spiro atoms.